The highest BCUT2D eigenvalue weighted by molar-refractivity contribution is 5.21. The molecule has 0 spiro atoms. The van der Waals surface area contributed by atoms with Gasteiger partial charge in [-0.25, -0.2) is 8.78 Å². The highest BCUT2D eigenvalue weighted by Crippen LogP contribution is 2.18. The molecule has 3 nitrogen and oxygen atoms in total. The summed E-state index contributed by atoms with van der Waals surface area (Å²) >= 11 is 0. The number of aryl methyl sites for hydroxylation is 1. The fourth-order valence-electron chi connectivity index (χ4n) is 2.07. The number of hydrogen-bond acceptors (Lipinski definition) is 3. The van der Waals surface area contributed by atoms with E-state index >= 15 is 0 Å². The number of likely N-dealkylation sites (N-methyl/N-ethyl adjacent to an activating group) is 1. The quantitative estimate of drug-likeness (QED) is 0.913. The van der Waals surface area contributed by atoms with Gasteiger partial charge in [0.15, 0.2) is 0 Å². The second kappa shape index (κ2) is 6.52. The lowest BCUT2D eigenvalue weighted by Crippen LogP contribution is -2.24. The number of aromatic nitrogens is 2. The summed E-state index contributed by atoms with van der Waals surface area (Å²) in [7, 11) is 0. The second-order valence-corrected chi connectivity index (χ2v) is 4.67. The lowest BCUT2D eigenvalue weighted by molar-refractivity contribution is 0.526. The Morgan fingerprint density at radius 2 is 1.80 bits per heavy atom. The predicted octanol–water partition coefficient (Wildman–Crippen LogP) is 2.96. The molecular weight excluding hydrogens is 260 g/mol. The van der Waals surface area contributed by atoms with E-state index in [4.69, 9.17) is 0 Å². The van der Waals surface area contributed by atoms with Gasteiger partial charge < -0.3 is 5.32 Å². The van der Waals surface area contributed by atoms with Crippen LogP contribution >= 0.6 is 0 Å². The Kier molecular flexibility index (Phi) is 4.74. The molecule has 5 heteroatoms. The molecule has 106 valence electrons. The van der Waals surface area contributed by atoms with E-state index in [-0.39, 0.29) is 6.04 Å². The van der Waals surface area contributed by atoms with Gasteiger partial charge in [0.2, 0.25) is 0 Å². The van der Waals surface area contributed by atoms with Crippen LogP contribution in [0.15, 0.2) is 30.6 Å². The molecule has 1 N–H and O–H groups in total. The molecule has 0 saturated heterocycles. The molecule has 0 saturated carbocycles. The van der Waals surface area contributed by atoms with Gasteiger partial charge in [0.05, 0.1) is 23.6 Å². The number of nitrogens with one attached hydrogen (secondary N) is 1. The van der Waals surface area contributed by atoms with Crippen LogP contribution in [0.5, 0.6) is 0 Å². The van der Waals surface area contributed by atoms with Gasteiger partial charge in [-0.1, -0.05) is 6.92 Å². The van der Waals surface area contributed by atoms with Gasteiger partial charge in [-0.2, -0.15) is 0 Å². The summed E-state index contributed by atoms with van der Waals surface area (Å²) < 4.78 is 26.5. The van der Waals surface area contributed by atoms with Gasteiger partial charge in [-0.05, 0) is 37.6 Å². The van der Waals surface area contributed by atoms with Gasteiger partial charge in [0.1, 0.15) is 11.6 Å². The normalized spacial score (nSPS) is 12.4. The maximum absolute atomic E-state index is 13.2. The van der Waals surface area contributed by atoms with E-state index < -0.39 is 11.6 Å². The maximum Gasteiger partial charge on any atom is 0.126 e. The Morgan fingerprint density at radius 1 is 1.10 bits per heavy atom. The van der Waals surface area contributed by atoms with Crippen molar-refractivity contribution in [2.45, 2.75) is 26.3 Å². The van der Waals surface area contributed by atoms with Crippen LogP contribution < -0.4 is 5.32 Å². The molecular formula is C15H17F2N3. The van der Waals surface area contributed by atoms with E-state index in [0.717, 1.165) is 24.0 Å². The molecule has 2 aromatic rings. The summed E-state index contributed by atoms with van der Waals surface area (Å²) in [5.41, 5.74) is 2.19. The fraction of sp³-hybridized carbons (Fsp3) is 0.333. The summed E-state index contributed by atoms with van der Waals surface area (Å²) in [6.07, 6.45) is 3.84. The minimum atomic E-state index is -0.565. The Labute approximate surface area is 117 Å². The van der Waals surface area contributed by atoms with Gasteiger partial charge in [-0.3, -0.25) is 9.97 Å². The zero-order valence-corrected chi connectivity index (χ0v) is 11.5. The summed E-state index contributed by atoms with van der Waals surface area (Å²) in [4.78, 5) is 8.53. The number of rotatable bonds is 5. The monoisotopic (exact) mass is 277 g/mol. The van der Waals surface area contributed by atoms with E-state index in [0.29, 0.717) is 12.0 Å². The van der Waals surface area contributed by atoms with Crippen LogP contribution in [0.2, 0.25) is 0 Å². The van der Waals surface area contributed by atoms with Crippen molar-refractivity contribution in [3.05, 3.63) is 59.2 Å². The first-order valence-corrected chi connectivity index (χ1v) is 6.55. The molecule has 1 heterocycles. The Morgan fingerprint density at radius 3 is 2.35 bits per heavy atom. The van der Waals surface area contributed by atoms with E-state index in [1.807, 2.05) is 13.8 Å². The van der Waals surface area contributed by atoms with Crippen molar-refractivity contribution in [1.82, 2.24) is 15.3 Å². The molecule has 2 rings (SSSR count). The highest BCUT2D eigenvalue weighted by atomic mass is 19.1. The van der Waals surface area contributed by atoms with Crippen molar-refractivity contribution >= 4 is 0 Å². The van der Waals surface area contributed by atoms with Crippen LogP contribution in [0.1, 0.15) is 29.9 Å². The summed E-state index contributed by atoms with van der Waals surface area (Å²) in [5, 5.41) is 3.26. The van der Waals surface area contributed by atoms with Crippen LogP contribution in [0, 0.1) is 18.6 Å². The molecule has 1 aromatic heterocycles. The van der Waals surface area contributed by atoms with E-state index in [2.05, 4.69) is 15.3 Å². The minimum Gasteiger partial charge on any atom is -0.309 e. The standard InChI is InChI=1S/C15H17F2N3/c1-3-18-14(15-9-19-10(2)8-20-15)6-11-4-12(16)7-13(17)5-11/h4-5,7-9,14,18H,3,6H2,1-2H3. The van der Waals surface area contributed by atoms with Gasteiger partial charge in [0.25, 0.3) is 0 Å². The molecule has 0 aliphatic rings. The largest absolute Gasteiger partial charge is 0.309 e. The average Bonchev–Trinajstić information content (AvgIpc) is 2.38. The van der Waals surface area contributed by atoms with Crippen LogP contribution in [0.25, 0.3) is 0 Å². The Bertz CT molecular complexity index is 550. The number of benzene rings is 1. The number of nitrogens with zero attached hydrogens (tertiary/aromatic N) is 2. The van der Waals surface area contributed by atoms with Gasteiger partial charge in [-0.15, -0.1) is 0 Å². The topological polar surface area (TPSA) is 37.8 Å². The SMILES string of the molecule is CCNC(Cc1cc(F)cc(F)c1)c1cnc(C)cn1. The predicted molar refractivity (Wildman–Crippen MR) is 73.2 cm³/mol. The maximum atomic E-state index is 13.2. The van der Waals surface area contributed by atoms with Crippen LogP contribution in [-0.4, -0.2) is 16.5 Å². The highest BCUT2D eigenvalue weighted by Gasteiger charge is 2.14. The fourth-order valence-corrected chi connectivity index (χ4v) is 2.07. The smallest absolute Gasteiger partial charge is 0.126 e. The van der Waals surface area contributed by atoms with Crippen molar-refractivity contribution in [2.24, 2.45) is 0 Å². The third-order valence-electron chi connectivity index (χ3n) is 2.97. The Balaban J connectivity index is 2.22. The lowest BCUT2D eigenvalue weighted by atomic mass is 10.0. The van der Waals surface area contributed by atoms with Crippen LogP contribution in [0.3, 0.4) is 0 Å². The zero-order chi connectivity index (χ0) is 14.5. The van der Waals surface area contributed by atoms with Crippen molar-refractivity contribution in [3.63, 3.8) is 0 Å². The molecule has 1 atom stereocenters. The number of hydrogen-bond donors (Lipinski definition) is 1. The lowest BCUT2D eigenvalue weighted by Gasteiger charge is -2.17. The Hall–Kier alpha value is -1.88. The molecule has 20 heavy (non-hydrogen) atoms. The third kappa shape index (κ3) is 3.81. The van der Waals surface area contributed by atoms with Crippen LogP contribution in [-0.2, 0) is 6.42 Å². The number of halogens is 2. The molecule has 1 unspecified atom stereocenters. The first kappa shape index (κ1) is 14.5. The molecule has 0 bridgehead atoms. The van der Waals surface area contributed by atoms with E-state index in [1.165, 1.54) is 12.1 Å². The summed E-state index contributed by atoms with van der Waals surface area (Å²) in [6, 6.07) is 3.44. The first-order valence-electron chi connectivity index (χ1n) is 6.55. The van der Waals surface area contributed by atoms with Crippen molar-refractivity contribution < 1.29 is 8.78 Å². The molecule has 0 aliphatic carbocycles. The second-order valence-electron chi connectivity index (χ2n) is 4.67. The van der Waals surface area contributed by atoms with E-state index in [9.17, 15) is 8.78 Å². The van der Waals surface area contributed by atoms with Crippen molar-refractivity contribution in [2.75, 3.05) is 6.54 Å². The average molecular weight is 277 g/mol. The molecule has 0 fully saturated rings. The minimum absolute atomic E-state index is 0.116. The zero-order valence-electron chi connectivity index (χ0n) is 11.5. The third-order valence-corrected chi connectivity index (χ3v) is 2.97. The molecule has 0 radical (unpaired) electrons. The van der Waals surface area contributed by atoms with Crippen molar-refractivity contribution in [3.8, 4) is 0 Å². The van der Waals surface area contributed by atoms with Gasteiger partial charge in [0, 0.05) is 12.3 Å². The summed E-state index contributed by atoms with van der Waals surface area (Å²) in [6.45, 7) is 4.57. The molecule has 0 aliphatic heterocycles. The first-order chi connectivity index (χ1) is 9.58. The van der Waals surface area contributed by atoms with Crippen LogP contribution in [0.4, 0.5) is 8.78 Å². The van der Waals surface area contributed by atoms with E-state index in [1.54, 1.807) is 12.4 Å². The molecule has 1 aromatic carbocycles. The summed E-state index contributed by atoms with van der Waals surface area (Å²) in [5.74, 6) is -1.13. The molecule has 0 amide bonds. The van der Waals surface area contributed by atoms with Crippen molar-refractivity contribution in [1.29, 1.82) is 0 Å². The van der Waals surface area contributed by atoms with Gasteiger partial charge >= 0.3 is 0 Å².